The van der Waals surface area contributed by atoms with Crippen LogP contribution in [0.4, 0.5) is 0 Å². The van der Waals surface area contributed by atoms with Crippen molar-refractivity contribution in [3.05, 3.63) is 0 Å². The normalized spacial score (nSPS) is 11.0. The van der Waals surface area contributed by atoms with Gasteiger partial charge in [0.2, 0.25) is 0 Å². The van der Waals surface area contributed by atoms with Crippen molar-refractivity contribution in [1.29, 1.82) is 0 Å². The third-order valence-corrected chi connectivity index (χ3v) is 1.38. The standard InChI is InChI=1S/C4H12N2O3P/c1-5(2)8-10(7)9-6(3)4/h1-4H3/q+1. The van der Waals surface area contributed by atoms with Crippen LogP contribution in [0.1, 0.15) is 0 Å². The van der Waals surface area contributed by atoms with Gasteiger partial charge in [-0.15, -0.1) is 10.1 Å². The van der Waals surface area contributed by atoms with Gasteiger partial charge in [-0.05, 0) is 9.25 Å². The predicted octanol–water partition coefficient (Wildman–Crippen LogP) is 0.630. The van der Waals surface area contributed by atoms with E-state index < -0.39 is 8.25 Å². The Morgan fingerprint density at radius 3 is 1.50 bits per heavy atom. The van der Waals surface area contributed by atoms with Crippen LogP contribution in [0.15, 0.2) is 0 Å². The summed E-state index contributed by atoms with van der Waals surface area (Å²) in [5, 5.41) is 2.64. The smallest absolute Gasteiger partial charge is 0.142 e. The summed E-state index contributed by atoms with van der Waals surface area (Å²) in [7, 11) is 4.47. The molecular formula is C4H12N2O3P+. The Kier molecular flexibility index (Phi) is 4.68. The lowest BCUT2D eigenvalue weighted by Gasteiger charge is -1.99. The third kappa shape index (κ3) is 6.07. The number of nitrogens with zero attached hydrogens (tertiary/aromatic N) is 2. The van der Waals surface area contributed by atoms with Crippen molar-refractivity contribution in [3.8, 4) is 0 Å². The molecule has 0 radical (unpaired) electrons. The van der Waals surface area contributed by atoms with Gasteiger partial charge in [0.25, 0.3) is 0 Å². The Morgan fingerprint density at radius 2 is 1.30 bits per heavy atom. The van der Waals surface area contributed by atoms with E-state index in [1.807, 2.05) is 0 Å². The molecule has 6 heteroatoms. The van der Waals surface area contributed by atoms with Gasteiger partial charge >= 0.3 is 8.25 Å². The minimum Gasteiger partial charge on any atom is -0.142 e. The lowest BCUT2D eigenvalue weighted by molar-refractivity contribution is -0.0656. The monoisotopic (exact) mass is 167 g/mol. The number of hydrogen-bond donors (Lipinski definition) is 0. The van der Waals surface area contributed by atoms with Crippen LogP contribution in [0.2, 0.25) is 0 Å². The van der Waals surface area contributed by atoms with Gasteiger partial charge < -0.3 is 0 Å². The average Bonchev–Trinajstić information content (AvgIpc) is 1.58. The molecule has 0 unspecified atom stereocenters. The molecular weight excluding hydrogens is 155 g/mol. The molecule has 0 atom stereocenters. The van der Waals surface area contributed by atoms with Gasteiger partial charge in [0.05, 0.1) is 0 Å². The second kappa shape index (κ2) is 4.71. The lowest BCUT2D eigenvalue weighted by Crippen LogP contribution is -2.12. The first-order valence-corrected chi connectivity index (χ1v) is 3.80. The van der Waals surface area contributed by atoms with Crippen LogP contribution in [0.25, 0.3) is 0 Å². The average molecular weight is 167 g/mol. The van der Waals surface area contributed by atoms with Crippen molar-refractivity contribution in [2.24, 2.45) is 0 Å². The fourth-order valence-corrected chi connectivity index (χ4v) is 0.845. The molecule has 0 rings (SSSR count). The summed E-state index contributed by atoms with van der Waals surface area (Å²) in [6.45, 7) is 0. The first-order valence-electron chi connectivity index (χ1n) is 2.70. The Labute approximate surface area is 61.4 Å². The van der Waals surface area contributed by atoms with Crippen LogP contribution in [0.3, 0.4) is 0 Å². The summed E-state index contributed by atoms with van der Waals surface area (Å²) in [6.07, 6.45) is 0. The Morgan fingerprint density at radius 1 is 1.00 bits per heavy atom. The van der Waals surface area contributed by atoms with Gasteiger partial charge in [0, 0.05) is 32.8 Å². The molecule has 0 fully saturated rings. The highest BCUT2D eigenvalue weighted by atomic mass is 31.1. The molecule has 0 heterocycles. The molecule has 0 spiro atoms. The van der Waals surface area contributed by atoms with Gasteiger partial charge in [-0.1, -0.05) is 0 Å². The van der Waals surface area contributed by atoms with Crippen LogP contribution in [0.5, 0.6) is 0 Å². The highest BCUT2D eigenvalue weighted by molar-refractivity contribution is 7.33. The van der Waals surface area contributed by atoms with Gasteiger partial charge in [-0.2, -0.15) is 0 Å². The van der Waals surface area contributed by atoms with E-state index in [0.717, 1.165) is 0 Å². The van der Waals surface area contributed by atoms with Crippen molar-refractivity contribution in [1.82, 2.24) is 10.1 Å². The fourth-order valence-electron chi connectivity index (χ4n) is 0.282. The first kappa shape index (κ1) is 9.94. The van der Waals surface area contributed by atoms with E-state index in [1.165, 1.54) is 10.1 Å². The van der Waals surface area contributed by atoms with Crippen LogP contribution in [-0.2, 0) is 13.8 Å². The second-order valence-corrected chi connectivity index (χ2v) is 2.79. The van der Waals surface area contributed by atoms with E-state index >= 15 is 0 Å². The predicted molar refractivity (Wildman–Crippen MR) is 37.2 cm³/mol. The molecule has 5 nitrogen and oxygen atoms in total. The molecule has 0 saturated heterocycles. The molecule has 0 amide bonds. The molecule has 0 aromatic heterocycles. The fraction of sp³-hybridized carbons (Fsp3) is 1.00. The minimum absolute atomic E-state index is 1.32. The van der Waals surface area contributed by atoms with E-state index in [1.54, 1.807) is 28.2 Å². The van der Waals surface area contributed by atoms with Crippen molar-refractivity contribution >= 4 is 8.25 Å². The van der Waals surface area contributed by atoms with Crippen molar-refractivity contribution < 1.29 is 13.8 Å². The zero-order chi connectivity index (χ0) is 8.15. The quantitative estimate of drug-likeness (QED) is 0.453. The Bertz CT molecular complexity index is 105. The van der Waals surface area contributed by atoms with Crippen LogP contribution in [-0.4, -0.2) is 38.3 Å². The molecule has 0 aliphatic rings. The van der Waals surface area contributed by atoms with E-state index in [2.05, 4.69) is 9.25 Å². The van der Waals surface area contributed by atoms with Gasteiger partial charge in [0.1, 0.15) is 0 Å². The van der Waals surface area contributed by atoms with Crippen molar-refractivity contribution in [2.45, 2.75) is 0 Å². The van der Waals surface area contributed by atoms with E-state index in [9.17, 15) is 4.57 Å². The van der Waals surface area contributed by atoms with Gasteiger partial charge in [-0.25, -0.2) is 0 Å². The summed E-state index contributed by atoms with van der Waals surface area (Å²) in [4.78, 5) is 0. The van der Waals surface area contributed by atoms with Crippen LogP contribution < -0.4 is 0 Å². The Hall–Kier alpha value is -0.0600. The molecule has 0 aliphatic heterocycles. The summed E-state index contributed by atoms with van der Waals surface area (Å²) in [5.74, 6) is 0. The van der Waals surface area contributed by atoms with E-state index in [-0.39, 0.29) is 0 Å². The SMILES string of the molecule is CN(C)O[P+](=O)ON(C)C. The van der Waals surface area contributed by atoms with E-state index in [4.69, 9.17) is 0 Å². The molecule has 0 bridgehead atoms. The lowest BCUT2D eigenvalue weighted by atomic mass is 11.2. The summed E-state index contributed by atoms with van der Waals surface area (Å²) < 4.78 is 20.0. The largest absolute Gasteiger partial charge is 0.735 e. The minimum atomic E-state index is -2.06. The number of rotatable bonds is 4. The van der Waals surface area contributed by atoms with Gasteiger partial charge in [-0.3, -0.25) is 0 Å². The second-order valence-electron chi connectivity index (χ2n) is 2.01. The molecule has 0 aliphatic carbocycles. The highest BCUT2D eigenvalue weighted by Gasteiger charge is 2.24. The number of hydroxylamine groups is 4. The van der Waals surface area contributed by atoms with Crippen molar-refractivity contribution in [3.63, 3.8) is 0 Å². The Balaban J connectivity index is 3.44. The van der Waals surface area contributed by atoms with Gasteiger partial charge in [0.15, 0.2) is 0 Å². The summed E-state index contributed by atoms with van der Waals surface area (Å²) in [5.41, 5.74) is 0. The summed E-state index contributed by atoms with van der Waals surface area (Å²) >= 11 is 0. The molecule has 10 heavy (non-hydrogen) atoms. The maximum absolute atomic E-state index is 10.7. The highest BCUT2D eigenvalue weighted by Crippen LogP contribution is 2.24. The van der Waals surface area contributed by atoms with Crippen molar-refractivity contribution in [2.75, 3.05) is 28.2 Å². The molecule has 0 aromatic carbocycles. The zero-order valence-corrected chi connectivity index (χ0v) is 7.46. The first-order chi connectivity index (χ1) is 4.52. The molecule has 60 valence electrons. The topological polar surface area (TPSA) is 42.0 Å². The molecule has 0 aromatic rings. The van der Waals surface area contributed by atoms with E-state index in [0.29, 0.717) is 0 Å². The maximum atomic E-state index is 10.7. The third-order valence-electron chi connectivity index (χ3n) is 0.460. The summed E-state index contributed by atoms with van der Waals surface area (Å²) in [6, 6.07) is 0. The van der Waals surface area contributed by atoms with Crippen LogP contribution >= 0.6 is 8.25 Å². The number of hydrogen-bond acceptors (Lipinski definition) is 5. The van der Waals surface area contributed by atoms with Crippen LogP contribution in [0, 0.1) is 0 Å². The zero-order valence-electron chi connectivity index (χ0n) is 6.57. The molecule has 0 saturated carbocycles. The maximum Gasteiger partial charge on any atom is 0.735 e. The molecule has 0 N–H and O–H groups in total.